The molecule has 0 heterocycles. The number of hydrogen-bond acceptors (Lipinski definition) is 4. The SMILES string of the molecule is CSCCN(C)C(=O)Nc1cc(C(=O)O)cc(C(=O)O)c1. The van der Waals surface area contributed by atoms with E-state index in [4.69, 9.17) is 10.2 Å². The molecule has 0 saturated carbocycles. The van der Waals surface area contributed by atoms with Gasteiger partial charge in [-0.1, -0.05) is 0 Å². The third-order valence-corrected chi connectivity index (χ3v) is 3.25. The fraction of sp³-hybridized carbons (Fsp3) is 0.308. The maximum absolute atomic E-state index is 11.9. The van der Waals surface area contributed by atoms with Crippen LogP contribution >= 0.6 is 11.8 Å². The lowest BCUT2D eigenvalue weighted by Crippen LogP contribution is -2.33. The standard InChI is InChI=1S/C13H16N2O5S/c1-15(3-4-21-2)13(20)14-10-6-8(11(16)17)5-9(7-10)12(18)19/h5-7H,3-4H2,1-2H3,(H,14,20)(H,16,17)(H,18,19). The van der Waals surface area contributed by atoms with E-state index < -0.39 is 18.0 Å². The van der Waals surface area contributed by atoms with Gasteiger partial charge in [0.2, 0.25) is 0 Å². The van der Waals surface area contributed by atoms with Crippen molar-refractivity contribution in [1.82, 2.24) is 4.90 Å². The van der Waals surface area contributed by atoms with Crippen LogP contribution in [0.2, 0.25) is 0 Å². The number of benzene rings is 1. The van der Waals surface area contributed by atoms with E-state index in [1.807, 2.05) is 6.26 Å². The molecule has 0 aliphatic heterocycles. The van der Waals surface area contributed by atoms with Crippen molar-refractivity contribution in [2.24, 2.45) is 0 Å². The number of anilines is 1. The zero-order chi connectivity index (χ0) is 16.0. The Morgan fingerprint density at radius 1 is 1.14 bits per heavy atom. The molecule has 0 bridgehead atoms. The second kappa shape index (κ2) is 7.53. The summed E-state index contributed by atoms with van der Waals surface area (Å²) in [6.07, 6.45) is 1.92. The molecule has 1 rings (SSSR count). The molecule has 0 aliphatic carbocycles. The van der Waals surface area contributed by atoms with Crippen LogP contribution in [-0.2, 0) is 0 Å². The Labute approximate surface area is 125 Å². The number of aromatic carboxylic acids is 2. The van der Waals surface area contributed by atoms with Crippen molar-refractivity contribution in [2.75, 3.05) is 30.9 Å². The predicted molar refractivity (Wildman–Crippen MR) is 80.4 cm³/mol. The van der Waals surface area contributed by atoms with Crippen molar-refractivity contribution < 1.29 is 24.6 Å². The monoisotopic (exact) mass is 312 g/mol. The smallest absolute Gasteiger partial charge is 0.335 e. The van der Waals surface area contributed by atoms with Crippen molar-refractivity contribution in [3.8, 4) is 0 Å². The van der Waals surface area contributed by atoms with Gasteiger partial charge >= 0.3 is 18.0 Å². The molecular formula is C13H16N2O5S. The molecular weight excluding hydrogens is 296 g/mol. The number of amides is 2. The molecule has 0 radical (unpaired) electrons. The molecule has 0 aromatic heterocycles. The summed E-state index contributed by atoms with van der Waals surface area (Å²) in [4.78, 5) is 35.3. The van der Waals surface area contributed by atoms with Gasteiger partial charge in [-0.2, -0.15) is 11.8 Å². The van der Waals surface area contributed by atoms with Gasteiger partial charge in [0.15, 0.2) is 0 Å². The highest BCUT2D eigenvalue weighted by atomic mass is 32.2. The maximum Gasteiger partial charge on any atom is 0.335 e. The molecule has 8 heteroatoms. The Bertz CT molecular complexity index is 529. The summed E-state index contributed by atoms with van der Waals surface area (Å²) in [5, 5.41) is 20.4. The highest BCUT2D eigenvalue weighted by molar-refractivity contribution is 7.98. The molecule has 7 nitrogen and oxygen atoms in total. The van der Waals surface area contributed by atoms with Gasteiger partial charge in [0.1, 0.15) is 0 Å². The fourth-order valence-electron chi connectivity index (χ4n) is 1.50. The number of rotatable bonds is 6. The van der Waals surface area contributed by atoms with Crippen molar-refractivity contribution in [1.29, 1.82) is 0 Å². The van der Waals surface area contributed by atoms with Gasteiger partial charge in [-0.15, -0.1) is 0 Å². The molecule has 2 amide bonds. The molecule has 114 valence electrons. The largest absolute Gasteiger partial charge is 0.478 e. The Balaban J connectivity index is 2.94. The van der Waals surface area contributed by atoms with Crippen molar-refractivity contribution in [3.63, 3.8) is 0 Å². The normalized spacial score (nSPS) is 10.0. The zero-order valence-corrected chi connectivity index (χ0v) is 12.4. The van der Waals surface area contributed by atoms with Gasteiger partial charge in [0.25, 0.3) is 0 Å². The molecule has 0 saturated heterocycles. The maximum atomic E-state index is 11.9. The van der Waals surface area contributed by atoms with Crippen LogP contribution in [0.5, 0.6) is 0 Å². The van der Waals surface area contributed by atoms with Crippen LogP contribution in [0.4, 0.5) is 10.5 Å². The molecule has 1 aromatic carbocycles. The number of carboxylic acid groups (broad SMARTS) is 2. The minimum absolute atomic E-state index is 0.133. The van der Waals surface area contributed by atoms with E-state index in [-0.39, 0.29) is 16.8 Å². The van der Waals surface area contributed by atoms with Gasteiger partial charge in [0, 0.05) is 25.0 Å². The first-order chi connectivity index (χ1) is 9.85. The second-order valence-corrected chi connectivity index (χ2v) is 5.24. The molecule has 3 N–H and O–H groups in total. The highest BCUT2D eigenvalue weighted by Crippen LogP contribution is 2.16. The Kier molecular flexibility index (Phi) is 6.04. The average Bonchev–Trinajstić information content (AvgIpc) is 2.44. The Morgan fingerprint density at radius 2 is 1.67 bits per heavy atom. The minimum Gasteiger partial charge on any atom is -0.478 e. The van der Waals surface area contributed by atoms with E-state index in [0.29, 0.717) is 6.54 Å². The topological polar surface area (TPSA) is 107 Å². The number of carbonyl (C=O) groups is 3. The molecule has 0 aliphatic rings. The number of thioether (sulfide) groups is 1. The summed E-state index contributed by atoms with van der Waals surface area (Å²) in [5.41, 5.74) is -0.262. The second-order valence-electron chi connectivity index (χ2n) is 4.25. The van der Waals surface area contributed by atoms with Gasteiger partial charge in [-0.05, 0) is 24.5 Å². The van der Waals surface area contributed by atoms with Crippen LogP contribution in [-0.4, -0.2) is 58.7 Å². The molecule has 21 heavy (non-hydrogen) atoms. The molecule has 0 unspecified atom stereocenters. The third-order valence-electron chi connectivity index (χ3n) is 2.66. The van der Waals surface area contributed by atoms with E-state index in [1.54, 1.807) is 18.8 Å². The quantitative estimate of drug-likeness (QED) is 0.740. The number of urea groups is 1. The van der Waals surface area contributed by atoms with E-state index in [1.165, 1.54) is 17.0 Å². The third kappa shape index (κ3) is 4.99. The van der Waals surface area contributed by atoms with Gasteiger partial charge in [0.05, 0.1) is 11.1 Å². The highest BCUT2D eigenvalue weighted by Gasteiger charge is 2.14. The van der Waals surface area contributed by atoms with Crippen molar-refractivity contribution in [2.45, 2.75) is 0 Å². The number of carboxylic acids is 2. The molecule has 0 atom stereocenters. The first-order valence-electron chi connectivity index (χ1n) is 5.98. The molecule has 0 fully saturated rings. The van der Waals surface area contributed by atoms with E-state index in [2.05, 4.69) is 5.32 Å². The van der Waals surface area contributed by atoms with Gasteiger partial charge in [-0.3, -0.25) is 0 Å². The summed E-state index contributed by atoms with van der Waals surface area (Å²) >= 11 is 1.59. The summed E-state index contributed by atoms with van der Waals surface area (Å²) < 4.78 is 0. The first kappa shape index (κ1) is 16.8. The fourth-order valence-corrected chi connectivity index (χ4v) is 1.95. The van der Waals surface area contributed by atoms with E-state index >= 15 is 0 Å². The van der Waals surface area contributed by atoms with Crippen LogP contribution in [0, 0.1) is 0 Å². The lowest BCUT2D eigenvalue weighted by molar-refractivity contribution is 0.0696. The number of nitrogens with one attached hydrogen (secondary N) is 1. The number of carbonyl (C=O) groups excluding carboxylic acids is 1. The lowest BCUT2D eigenvalue weighted by Gasteiger charge is -2.17. The summed E-state index contributed by atoms with van der Waals surface area (Å²) in [6.45, 7) is 0.525. The van der Waals surface area contributed by atoms with Crippen LogP contribution in [0.3, 0.4) is 0 Å². The van der Waals surface area contributed by atoms with Crippen molar-refractivity contribution in [3.05, 3.63) is 29.3 Å². The van der Waals surface area contributed by atoms with Crippen LogP contribution in [0.25, 0.3) is 0 Å². The number of nitrogens with zero attached hydrogens (tertiary/aromatic N) is 1. The minimum atomic E-state index is -1.26. The van der Waals surface area contributed by atoms with E-state index in [9.17, 15) is 14.4 Å². The van der Waals surface area contributed by atoms with E-state index in [0.717, 1.165) is 11.8 Å². The van der Waals surface area contributed by atoms with Gasteiger partial charge < -0.3 is 20.4 Å². The Morgan fingerprint density at radius 3 is 2.10 bits per heavy atom. The van der Waals surface area contributed by atoms with Crippen molar-refractivity contribution >= 4 is 35.4 Å². The Hall–Kier alpha value is -2.22. The lowest BCUT2D eigenvalue weighted by atomic mass is 10.1. The average molecular weight is 312 g/mol. The summed E-state index contributed by atoms with van der Waals surface area (Å²) in [6, 6.07) is 3.05. The zero-order valence-electron chi connectivity index (χ0n) is 11.6. The first-order valence-corrected chi connectivity index (χ1v) is 7.37. The number of hydrogen-bond donors (Lipinski definition) is 3. The van der Waals surface area contributed by atoms with Gasteiger partial charge in [-0.25, -0.2) is 14.4 Å². The summed E-state index contributed by atoms with van der Waals surface area (Å²) in [7, 11) is 1.60. The van der Waals surface area contributed by atoms with Crippen LogP contribution in [0.15, 0.2) is 18.2 Å². The molecule has 1 aromatic rings. The summed E-state index contributed by atoms with van der Waals surface area (Å²) in [5.74, 6) is -1.76. The van der Waals surface area contributed by atoms with Crippen LogP contribution in [0.1, 0.15) is 20.7 Å². The molecule has 0 spiro atoms. The predicted octanol–water partition coefficient (Wildman–Crippen LogP) is 1.91. The van der Waals surface area contributed by atoms with Crippen LogP contribution < -0.4 is 5.32 Å².